The van der Waals surface area contributed by atoms with Crippen LogP contribution in [-0.4, -0.2) is 45.3 Å². The summed E-state index contributed by atoms with van der Waals surface area (Å²) in [5.74, 6) is 0.543. The molecule has 0 radical (unpaired) electrons. The average molecular weight is 782 g/mol. The van der Waals surface area contributed by atoms with Crippen LogP contribution in [0.4, 0.5) is 11.9 Å². The lowest BCUT2D eigenvalue weighted by molar-refractivity contribution is 0.101. The predicted molar refractivity (Wildman–Crippen MR) is 233 cm³/mol. The monoisotopic (exact) mass is 781 g/mol. The van der Waals surface area contributed by atoms with E-state index in [9.17, 15) is 9.59 Å². The zero-order valence-electron chi connectivity index (χ0n) is 34.2. The van der Waals surface area contributed by atoms with Gasteiger partial charge in [0.1, 0.15) is 0 Å². The summed E-state index contributed by atoms with van der Waals surface area (Å²) in [4.78, 5) is 35.8. The third-order valence-electron chi connectivity index (χ3n) is 10.9. The number of nitrogens with zero attached hydrogens (tertiary/aromatic N) is 7. The average Bonchev–Trinajstić information content (AvgIpc) is 4.05. The zero-order valence-corrected chi connectivity index (χ0v) is 34.2. The van der Waals surface area contributed by atoms with E-state index in [-0.39, 0.29) is 11.8 Å². The Morgan fingerprint density at radius 1 is 0.593 bits per heavy atom. The van der Waals surface area contributed by atoms with E-state index in [1.54, 1.807) is 6.20 Å². The third-order valence-corrected chi connectivity index (χ3v) is 10.9. The van der Waals surface area contributed by atoms with Crippen molar-refractivity contribution in [3.63, 3.8) is 0 Å². The maximum Gasteiger partial charge on any atom is 0.257 e. The lowest BCUT2D eigenvalue weighted by Crippen LogP contribution is -2.15. The van der Waals surface area contributed by atoms with Crippen molar-refractivity contribution in [1.82, 2.24) is 33.4 Å². The molecule has 0 spiro atoms. The highest BCUT2D eigenvalue weighted by atomic mass is 16.2. The van der Waals surface area contributed by atoms with Crippen LogP contribution in [0.1, 0.15) is 65.4 Å². The normalized spacial score (nSPS) is 11.2. The van der Waals surface area contributed by atoms with E-state index in [1.807, 2.05) is 119 Å². The molecule has 8 aromatic rings. The summed E-state index contributed by atoms with van der Waals surface area (Å²) >= 11 is 0. The van der Waals surface area contributed by atoms with Gasteiger partial charge in [-0.25, -0.2) is 9.97 Å². The van der Waals surface area contributed by atoms with Gasteiger partial charge in [0.25, 0.3) is 11.8 Å². The number of benzene rings is 4. The maximum atomic E-state index is 13.4. The number of anilines is 2. The first-order valence-corrected chi connectivity index (χ1v) is 19.6. The second-order valence-corrected chi connectivity index (χ2v) is 15.3. The molecule has 0 aliphatic heterocycles. The van der Waals surface area contributed by atoms with Crippen LogP contribution in [0.15, 0.2) is 128 Å². The molecule has 0 atom stereocenters. The number of nitrogens with one attached hydrogen (secondary N) is 2. The Balaban J connectivity index is 0.905. The number of hydrogen-bond acceptors (Lipinski definition) is 5. The highest BCUT2D eigenvalue weighted by Crippen LogP contribution is 2.30. The van der Waals surface area contributed by atoms with E-state index in [2.05, 4.69) is 83.2 Å². The predicted octanol–water partition coefficient (Wildman–Crippen LogP) is 8.91. The first-order chi connectivity index (χ1) is 28.5. The molecule has 2 N–H and O–H groups in total. The van der Waals surface area contributed by atoms with E-state index >= 15 is 0 Å². The molecule has 4 aromatic carbocycles. The number of aromatic nitrogens is 7. The Kier molecular flexibility index (Phi) is 10.7. The topological polar surface area (TPSA) is 117 Å². The van der Waals surface area contributed by atoms with Gasteiger partial charge in [-0.15, -0.1) is 0 Å². The minimum absolute atomic E-state index is 0.205. The van der Waals surface area contributed by atoms with Crippen LogP contribution in [0.3, 0.4) is 0 Å². The van der Waals surface area contributed by atoms with Gasteiger partial charge in [0.2, 0.25) is 11.9 Å². The molecule has 11 heteroatoms. The number of hydrogen-bond donors (Lipinski definition) is 2. The molecular formula is C48H47N9O2. The van der Waals surface area contributed by atoms with E-state index in [0.717, 1.165) is 56.0 Å². The van der Waals surface area contributed by atoms with Crippen LogP contribution in [-0.2, 0) is 33.6 Å². The fraction of sp³-hybridized carbons (Fsp3) is 0.188. The van der Waals surface area contributed by atoms with Crippen molar-refractivity contribution < 1.29 is 9.59 Å². The van der Waals surface area contributed by atoms with Gasteiger partial charge in [-0.05, 0) is 116 Å². The zero-order chi connectivity index (χ0) is 41.2. The van der Waals surface area contributed by atoms with Gasteiger partial charge >= 0.3 is 0 Å². The standard InChI is InChI=1S/C48H47N9O2/c1-31-15-16-32(2)41(21-31)43-27-49-47(54(43)5)52-46(59)38-14-10-12-36(25-38)30-57-20-17-40(53-57)26-39-22-34(4)42(23-33(39)3)44-28-50-48(55(44)6)51-45(58)37-13-9-11-35(24-37)29-56-18-7-8-19-56/h7-25,27-28H,26,29-30H2,1-6H3,(H,49,52,59)(H,50,51,58). The number of carbonyl (C=O) groups excluding carboxylic acids is 2. The fourth-order valence-corrected chi connectivity index (χ4v) is 7.53. The number of imidazole rings is 2. The molecule has 0 aliphatic carbocycles. The van der Waals surface area contributed by atoms with Gasteiger partial charge in [0, 0.05) is 67.9 Å². The van der Waals surface area contributed by atoms with Gasteiger partial charge in [-0.2, -0.15) is 5.10 Å². The molecule has 2 amide bonds. The molecule has 0 bridgehead atoms. The van der Waals surface area contributed by atoms with Crippen molar-refractivity contribution >= 4 is 23.7 Å². The van der Waals surface area contributed by atoms with Gasteiger partial charge in [0.15, 0.2) is 0 Å². The third kappa shape index (κ3) is 8.40. The van der Waals surface area contributed by atoms with Gasteiger partial charge < -0.3 is 13.7 Å². The Hall–Kier alpha value is -7.27. The molecule has 0 aliphatic rings. The highest BCUT2D eigenvalue weighted by molar-refractivity contribution is 6.04. The number of aryl methyl sites for hydroxylation is 4. The number of carbonyl (C=O) groups is 2. The van der Waals surface area contributed by atoms with Crippen molar-refractivity contribution in [1.29, 1.82) is 0 Å². The van der Waals surface area contributed by atoms with Crippen molar-refractivity contribution in [2.75, 3.05) is 10.6 Å². The largest absolute Gasteiger partial charge is 0.350 e. The molecule has 296 valence electrons. The van der Waals surface area contributed by atoms with Crippen molar-refractivity contribution in [3.05, 3.63) is 184 Å². The molecule has 59 heavy (non-hydrogen) atoms. The summed E-state index contributed by atoms with van der Waals surface area (Å²) in [5, 5.41) is 10.9. The van der Waals surface area contributed by atoms with Crippen LogP contribution in [0.25, 0.3) is 22.5 Å². The Morgan fingerprint density at radius 2 is 1.19 bits per heavy atom. The molecule has 4 aromatic heterocycles. The van der Waals surface area contributed by atoms with E-state index < -0.39 is 0 Å². The molecular weight excluding hydrogens is 735 g/mol. The lowest BCUT2D eigenvalue weighted by atomic mass is 9.95. The second kappa shape index (κ2) is 16.3. The van der Waals surface area contributed by atoms with Crippen molar-refractivity contribution in [3.8, 4) is 22.5 Å². The smallest absolute Gasteiger partial charge is 0.257 e. The van der Waals surface area contributed by atoms with Crippen LogP contribution in [0, 0.1) is 27.7 Å². The van der Waals surface area contributed by atoms with Crippen LogP contribution >= 0.6 is 0 Å². The van der Waals surface area contributed by atoms with Gasteiger partial charge in [-0.1, -0.05) is 48.0 Å². The van der Waals surface area contributed by atoms with E-state index in [0.29, 0.717) is 42.5 Å². The Labute approximate surface area is 344 Å². The minimum atomic E-state index is -0.221. The van der Waals surface area contributed by atoms with Crippen molar-refractivity contribution in [2.45, 2.75) is 47.2 Å². The maximum absolute atomic E-state index is 13.4. The fourth-order valence-electron chi connectivity index (χ4n) is 7.53. The molecule has 0 fully saturated rings. The lowest BCUT2D eigenvalue weighted by Gasteiger charge is -2.13. The summed E-state index contributed by atoms with van der Waals surface area (Å²) in [5.41, 5.74) is 13.8. The molecule has 0 unspecified atom stereocenters. The molecule has 11 nitrogen and oxygen atoms in total. The van der Waals surface area contributed by atoms with E-state index in [1.165, 1.54) is 11.1 Å². The summed E-state index contributed by atoms with van der Waals surface area (Å²) in [6.07, 6.45) is 10.3. The molecule has 0 saturated heterocycles. The van der Waals surface area contributed by atoms with E-state index in [4.69, 9.17) is 5.10 Å². The van der Waals surface area contributed by atoms with Gasteiger partial charge in [0.05, 0.1) is 36.0 Å². The molecule has 0 saturated carbocycles. The minimum Gasteiger partial charge on any atom is -0.350 e. The van der Waals surface area contributed by atoms with Crippen LogP contribution < -0.4 is 10.6 Å². The Morgan fingerprint density at radius 3 is 1.81 bits per heavy atom. The van der Waals surface area contributed by atoms with Crippen molar-refractivity contribution in [2.24, 2.45) is 14.1 Å². The molecule has 8 rings (SSSR count). The SMILES string of the molecule is Cc1ccc(C)c(-c2cnc(NC(=O)c3cccc(Cn4ccc(Cc5cc(C)c(-c6cnc(NC(=O)c7cccc(Cn8cccc8)c7)n6C)cc5C)n4)c3)n2C)c1. The summed E-state index contributed by atoms with van der Waals surface area (Å²) in [6.45, 7) is 9.57. The quantitative estimate of drug-likeness (QED) is 0.129. The summed E-state index contributed by atoms with van der Waals surface area (Å²) in [7, 11) is 3.83. The summed E-state index contributed by atoms with van der Waals surface area (Å²) < 4.78 is 7.81. The summed E-state index contributed by atoms with van der Waals surface area (Å²) in [6, 6.07) is 32.0. The Bertz CT molecular complexity index is 2820. The van der Waals surface area contributed by atoms with Crippen LogP contribution in [0.2, 0.25) is 0 Å². The van der Waals surface area contributed by atoms with Gasteiger partial charge in [-0.3, -0.25) is 24.9 Å². The molecule has 4 heterocycles. The second-order valence-electron chi connectivity index (χ2n) is 15.3. The first-order valence-electron chi connectivity index (χ1n) is 19.6. The van der Waals surface area contributed by atoms with Crippen LogP contribution in [0.5, 0.6) is 0 Å². The highest BCUT2D eigenvalue weighted by Gasteiger charge is 2.18. The first kappa shape index (κ1) is 38.6. The number of amides is 2. The number of rotatable bonds is 12.